The summed E-state index contributed by atoms with van der Waals surface area (Å²) in [6.07, 6.45) is -3.98. The molecule has 27 heavy (non-hydrogen) atoms. The largest absolute Gasteiger partial charge is 0.414 e. The Morgan fingerprint density at radius 2 is 1.78 bits per heavy atom. The Kier molecular flexibility index (Phi) is 5.12. The monoisotopic (exact) mass is 376 g/mol. The number of fused-ring (bicyclic) bond motifs is 1. The molecule has 1 heterocycles. The number of para-hydroxylation sites is 2. The average molecular weight is 376 g/mol. The van der Waals surface area contributed by atoms with Crippen LogP contribution in [0.1, 0.15) is 11.1 Å². The smallest absolute Gasteiger partial charge is 0.410 e. The van der Waals surface area contributed by atoms with Gasteiger partial charge in [0.25, 0.3) is 0 Å². The molecule has 0 bridgehead atoms. The molecule has 2 aromatic rings. The summed E-state index contributed by atoms with van der Waals surface area (Å²) in [5.74, 6) is 0.321. The normalized spacial score (nSPS) is 13.7. The molecule has 0 fully saturated rings. The average Bonchev–Trinajstić information content (AvgIpc) is 2.62. The van der Waals surface area contributed by atoms with Crippen LogP contribution in [-0.2, 0) is 13.0 Å². The standard InChI is InChI=1S/C20H19F3N2O2/c1-24(2)19(26)27-18-10-6-4-8-15(18)12-25-13-16(20(21,22)23)11-14-7-3-5-9-17(14)25/h3-10,13H,11-12H2,1-2H3. The molecule has 1 aliphatic heterocycles. The molecule has 4 nitrogen and oxygen atoms in total. The Morgan fingerprint density at radius 3 is 2.48 bits per heavy atom. The van der Waals surface area contributed by atoms with E-state index in [2.05, 4.69) is 0 Å². The number of hydrogen-bond acceptors (Lipinski definition) is 3. The minimum Gasteiger partial charge on any atom is -0.410 e. The van der Waals surface area contributed by atoms with Crippen molar-refractivity contribution in [2.24, 2.45) is 0 Å². The van der Waals surface area contributed by atoms with Gasteiger partial charge >= 0.3 is 12.3 Å². The van der Waals surface area contributed by atoms with E-state index >= 15 is 0 Å². The summed E-state index contributed by atoms with van der Waals surface area (Å²) in [6.45, 7) is 0.146. The van der Waals surface area contributed by atoms with E-state index in [1.807, 2.05) is 0 Å². The molecule has 0 atom stereocenters. The maximum atomic E-state index is 13.3. The molecule has 0 radical (unpaired) electrons. The topological polar surface area (TPSA) is 32.8 Å². The van der Waals surface area contributed by atoms with Gasteiger partial charge in [-0.05, 0) is 17.7 Å². The molecule has 0 spiro atoms. The van der Waals surface area contributed by atoms with Crippen molar-refractivity contribution >= 4 is 11.8 Å². The van der Waals surface area contributed by atoms with E-state index in [1.54, 1.807) is 67.5 Å². The fourth-order valence-electron chi connectivity index (χ4n) is 2.86. The van der Waals surface area contributed by atoms with Crippen LogP contribution >= 0.6 is 0 Å². The number of anilines is 1. The molecule has 0 N–H and O–H groups in total. The number of halogens is 3. The summed E-state index contributed by atoms with van der Waals surface area (Å²) >= 11 is 0. The number of carbonyl (C=O) groups excluding carboxylic acids is 1. The molecule has 0 aromatic heterocycles. The highest BCUT2D eigenvalue weighted by atomic mass is 19.4. The van der Waals surface area contributed by atoms with Crippen LogP contribution in [0.15, 0.2) is 60.3 Å². The van der Waals surface area contributed by atoms with Crippen LogP contribution in [0.2, 0.25) is 0 Å². The van der Waals surface area contributed by atoms with E-state index in [0.717, 1.165) is 6.20 Å². The van der Waals surface area contributed by atoms with Gasteiger partial charge in [-0.1, -0.05) is 36.4 Å². The second kappa shape index (κ2) is 7.34. The highest BCUT2D eigenvalue weighted by Gasteiger charge is 2.36. The molecule has 3 rings (SSSR count). The molecule has 7 heteroatoms. The van der Waals surface area contributed by atoms with Crippen LogP contribution in [0.25, 0.3) is 0 Å². The van der Waals surface area contributed by atoms with Gasteiger partial charge in [0.05, 0.1) is 12.1 Å². The van der Waals surface area contributed by atoms with Crippen LogP contribution in [0, 0.1) is 0 Å². The Balaban J connectivity index is 1.95. The third-order valence-electron chi connectivity index (χ3n) is 4.23. The summed E-state index contributed by atoms with van der Waals surface area (Å²) in [7, 11) is 3.12. The van der Waals surface area contributed by atoms with Crippen molar-refractivity contribution in [3.8, 4) is 5.75 Å². The van der Waals surface area contributed by atoms with Gasteiger partial charge in [-0.3, -0.25) is 0 Å². The second-order valence-corrected chi connectivity index (χ2v) is 6.46. The van der Waals surface area contributed by atoms with Crippen molar-refractivity contribution in [2.45, 2.75) is 19.1 Å². The first-order valence-electron chi connectivity index (χ1n) is 8.35. The van der Waals surface area contributed by atoms with Crippen molar-refractivity contribution < 1.29 is 22.7 Å². The summed E-state index contributed by atoms with van der Waals surface area (Å²) in [6, 6.07) is 13.8. The van der Waals surface area contributed by atoms with Gasteiger partial charge in [-0.15, -0.1) is 0 Å². The lowest BCUT2D eigenvalue weighted by Gasteiger charge is -2.30. The van der Waals surface area contributed by atoms with Crippen LogP contribution < -0.4 is 9.64 Å². The summed E-state index contributed by atoms with van der Waals surface area (Å²) in [4.78, 5) is 14.7. The number of ether oxygens (including phenoxy) is 1. The van der Waals surface area contributed by atoms with Crippen molar-refractivity contribution in [3.05, 3.63) is 71.4 Å². The zero-order valence-electron chi connectivity index (χ0n) is 15.0. The van der Waals surface area contributed by atoms with E-state index in [4.69, 9.17) is 4.74 Å². The zero-order chi connectivity index (χ0) is 19.6. The van der Waals surface area contributed by atoms with Crippen molar-refractivity contribution in [3.63, 3.8) is 0 Å². The summed E-state index contributed by atoms with van der Waals surface area (Å²) in [5, 5.41) is 0. The first kappa shape index (κ1) is 18.8. The summed E-state index contributed by atoms with van der Waals surface area (Å²) in [5.41, 5.74) is 1.32. The fourth-order valence-corrected chi connectivity index (χ4v) is 2.86. The lowest BCUT2D eigenvalue weighted by molar-refractivity contribution is -0.0936. The molecule has 0 saturated carbocycles. The number of nitrogens with zero attached hydrogens (tertiary/aromatic N) is 2. The van der Waals surface area contributed by atoms with E-state index < -0.39 is 17.8 Å². The van der Waals surface area contributed by atoms with Gasteiger partial charge in [0.2, 0.25) is 0 Å². The number of alkyl halides is 3. The van der Waals surface area contributed by atoms with Crippen molar-refractivity contribution in [1.82, 2.24) is 4.90 Å². The van der Waals surface area contributed by atoms with E-state index in [9.17, 15) is 18.0 Å². The maximum absolute atomic E-state index is 13.3. The SMILES string of the molecule is CN(C)C(=O)Oc1ccccc1CN1C=C(C(F)(F)F)Cc2ccccc21. The van der Waals surface area contributed by atoms with Crippen molar-refractivity contribution in [2.75, 3.05) is 19.0 Å². The van der Waals surface area contributed by atoms with Gasteiger partial charge in [-0.2, -0.15) is 13.2 Å². The molecular weight excluding hydrogens is 357 g/mol. The Hall–Kier alpha value is -2.96. The molecule has 1 aliphatic rings. The molecule has 1 amide bonds. The van der Waals surface area contributed by atoms with Crippen LogP contribution in [0.4, 0.5) is 23.7 Å². The van der Waals surface area contributed by atoms with Crippen LogP contribution in [0.5, 0.6) is 5.75 Å². The van der Waals surface area contributed by atoms with Gasteiger partial charge in [0, 0.05) is 38.0 Å². The lowest BCUT2D eigenvalue weighted by Crippen LogP contribution is -2.28. The highest BCUT2D eigenvalue weighted by Crippen LogP contribution is 2.37. The predicted octanol–water partition coefficient (Wildman–Crippen LogP) is 4.76. The first-order valence-corrected chi connectivity index (χ1v) is 8.35. The zero-order valence-corrected chi connectivity index (χ0v) is 15.0. The molecule has 142 valence electrons. The third-order valence-corrected chi connectivity index (χ3v) is 4.23. The molecule has 2 aromatic carbocycles. The van der Waals surface area contributed by atoms with Gasteiger partial charge in [0.1, 0.15) is 5.75 Å². The van der Waals surface area contributed by atoms with E-state index in [0.29, 0.717) is 22.6 Å². The van der Waals surface area contributed by atoms with Crippen LogP contribution in [-0.4, -0.2) is 31.3 Å². The molecule has 0 unspecified atom stereocenters. The Bertz CT molecular complexity index is 876. The van der Waals surface area contributed by atoms with Gasteiger partial charge in [0.15, 0.2) is 0 Å². The number of amides is 1. The number of benzene rings is 2. The predicted molar refractivity (Wildman–Crippen MR) is 96.6 cm³/mol. The Morgan fingerprint density at radius 1 is 1.11 bits per heavy atom. The lowest BCUT2D eigenvalue weighted by atomic mass is 9.98. The second-order valence-electron chi connectivity index (χ2n) is 6.46. The molecule has 0 saturated heterocycles. The first-order chi connectivity index (χ1) is 12.8. The number of allylic oxidation sites excluding steroid dienone is 1. The summed E-state index contributed by atoms with van der Waals surface area (Å²) < 4.78 is 45.3. The van der Waals surface area contributed by atoms with E-state index in [-0.39, 0.29) is 13.0 Å². The minimum absolute atomic E-state index is 0.146. The Labute approximate surface area is 155 Å². The third kappa shape index (κ3) is 4.24. The maximum Gasteiger partial charge on any atom is 0.414 e. The van der Waals surface area contributed by atoms with E-state index in [1.165, 1.54) is 4.90 Å². The van der Waals surface area contributed by atoms with Gasteiger partial charge in [-0.25, -0.2) is 4.79 Å². The fraction of sp³-hybridized carbons (Fsp3) is 0.250. The number of hydrogen-bond donors (Lipinski definition) is 0. The molecule has 0 aliphatic carbocycles. The van der Waals surface area contributed by atoms with Crippen LogP contribution in [0.3, 0.4) is 0 Å². The molecular formula is C20H19F3N2O2. The number of carbonyl (C=O) groups is 1. The highest BCUT2D eigenvalue weighted by molar-refractivity contribution is 5.70. The van der Waals surface area contributed by atoms with Gasteiger partial charge < -0.3 is 14.5 Å². The quantitative estimate of drug-likeness (QED) is 0.775. The number of rotatable bonds is 3. The van der Waals surface area contributed by atoms with Crippen molar-refractivity contribution in [1.29, 1.82) is 0 Å². The minimum atomic E-state index is -4.40.